The molecule has 0 saturated heterocycles. The molecular formula is C15H12Cl2FNO. The summed E-state index contributed by atoms with van der Waals surface area (Å²) < 4.78 is 19.0. The van der Waals surface area contributed by atoms with E-state index in [2.05, 4.69) is 5.32 Å². The van der Waals surface area contributed by atoms with Gasteiger partial charge in [-0.15, -0.1) is 0 Å². The van der Waals surface area contributed by atoms with Crippen LogP contribution in [0.25, 0.3) is 0 Å². The third kappa shape index (κ3) is 2.43. The third-order valence-corrected chi connectivity index (χ3v) is 3.79. The molecule has 1 aliphatic heterocycles. The van der Waals surface area contributed by atoms with E-state index in [4.69, 9.17) is 27.9 Å². The van der Waals surface area contributed by atoms with Crippen LogP contribution in [0, 0.1) is 5.82 Å². The van der Waals surface area contributed by atoms with Gasteiger partial charge in [0.05, 0.1) is 16.8 Å². The molecule has 1 heterocycles. The van der Waals surface area contributed by atoms with E-state index in [9.17, 15) is 4.39 Å². The summed E-state index contributed by atoms with van der Waals surface area (Å²) in [5.41, 5.74) is 1.66. The van der Waals surface area contributed by atoms with Gasteiger partial charge in [0.15, 0.2) is 5.75 Å². The topological polar surface area (TPSA) is 21.3 Å². The van der Waals surface area contributed by atoms with Gasteiger partial charge in [0.2, 0.25) is 0 Å². The highest BCUT2D eigenvalue weighted by molar-refractivity contribution is 6.36. The second-order valence-corrected chi connectivity index (χ2v) is 5.63. The molecule has 5 heteroatoms. The standard InChI is InChI=1S/C15H12Cl2FNO/c1-8-14(9-2-4-11(18)5-3-9)20-15-12(17)6-10(16)7-13(15)19-8/h2-8,14,19H,1H3. The molecule has 1 aliphatic rings. The largest absolute Gasteiger partial charge is 0.480 e. The predicted molar refractivity (Wildman–Crippen MR) is 79.3 cm³/mol. The number of rotatable bonds is 1. The number of nitrogens with one attached hydrogen (secondary N) is 1. The van der Waals surface area contributed by atoms with Crippen LogP contribution in [0.4, 0.5) is 10.1 Å². The minimum Gasteiger partial charge on any atom is -0.480 e. The maximum atomic E-state index is 13.0. The average molecular weight is 312 g/mol. The Balaban J connectivity index is 1.98. The Morgan fingerprint density at radius 1 is 1.15 bits per heavy atom. The van der Waals surface area contributed by atoms with Crippen LogP contribution >= 0.6 is 23.2 Å². The molecule has 0 fully saturated rings. The molecule has 104 valence electrons. The second-order valence-electron chi connectivity index (χ2n) is 4.79. The van der Waals surface area contributed by atoms with Crippen LogP contribution in [0.1, 0.15) is 18.6 Å². The SMILES string of the molecule is CC1Nc2cc(Cl)cc(Cl)c2OC1c1ccc(F)cc1. The van der Waals surface area contributed by atoms with E-state index in [1.165, 1.54) is 12.1 Å². The van der Waals surface area contributed by atoms with Gasteiger partial charge < -0.3 is 10.1 Å². The first-order chi connectivity index (χ1) is 9.54. The molecule has 0 spiro atoms. The zero-order valence-corrected chi connectivity index (χ0v) is 12.2. The Morgan fingerprint density at radius 3 is 2.55 bits per heavy atom. The van der Waals surface area contributed by atoms with E-state index < -0.39 is 0 Å². The summed E-state index contributed by atoms with van der Waals surface area (Å²) in [6, 6.07) is 9.71. The van der Waals surface area contributed by atoms with Crippen molar-refractivity contribution < 1.29 is 9.13 Å². The summed E-state index contributed by atoms with van der Waals surface area (Å²) in [4.78, 5) is 0. The van der Waals surface area contributed by atoms with Crippen molar-refractivity contribution in [3.05, 3.63) is 57.8 Å². The quantitative estimate of drug-likeness (QED) is 0.794. The molecule has 20 heavy (non-hydrogen) atoms. The van der Waals surface area contributed by atoms with Crippen molar-refractivity contribution in [2.45, 2.75) is 19.1 Å². The Hall–Kier alpha value is -1.45. The van der Waals surface area contributed by atoms with E-state index in [-0.39, 0.29) is 18.0 Å². The minimum absolute atomic E-state index is 0.0162. The molecule has 2 aromatic carbocycles. The smallest absolute Gasteiger partial charge is 0.162 e. The molecule has 0 aliphatic carbocycles. The molecule has 0 saturated carbocycles. The number of ether oxygens (including phenoxy) is 1. The molecular weight excluding hydrogens is 300 g/mol. The fourth-order valence-electron chi connectivity index (χ4n) is 2.35. The van der Waals surface area contributed by atoms with Crippen LogP contribution in [-0.2, 0) is 0 Å². The van der Waals surface area contributed by atoms with Crippen LogP contribution < -0.4 is 10.1 Å². The monoisotopic (exact) mass is 311 g/mol. The Kier molecular flexibility index (Phi) is 3.48. The van der Waals surface area contributed by atoms with Crippen LogP contribution in [0.15, 0.2) is 36.4 Å². The summed E-state index contributed by atoms with van der Waals surface area (Å²) in [6.07, 6.45) is -0.234. The number of hydrogen-bond acceptors (Lipinski definition) is 2. The first kappa shape index (κ1) is 13.5. The molecule has 3 rings (SSSR count). The Morgan fingerprint density at radius 2 is 1.85 bits per heavy atom. The van der Waals surface area contributed by atoms with Crippen molar-refractivity contribution in [2.24, 2.45) is 0 Å². The molecule has 0 radical (unpaired) electrons. The van der Waals surface area contributed by atoms with Crippen molar-refractivity contribution in [1.82, 2.24) is 0 Å². The van der Waals surface area contributed by atoms with Crippen molar-refractivity contribution in [3.63, 3.8) is 0 Å². The van der Waals surface area contributed by atoms with E-state index in [0.29, 0.717) is 15.8 Å². The second kappa shape index (κ2) is 5.15. The maximum Gasteiger partial charge on any atom is 0.162 e. The third-order valence-electron chi connectivity index (χ3n) is 3.29. The van der Waals surface area contributed by atoms with E-state index in [1.54, 1.807) is 24.3 Å². The summed E-state index contributed by atoms with van der Waals surface area (Å²) in [6.45, 7) is 1.99. The number of hydrogen-bond donors (Lipinski definition) is 1. The molecule has 0 aromatic heterocycles. The van der Waals surface area contributed by atoms with Crippen LogP contribution in [0.5, 0.6) is 5.75 Å². The van der Waals surface area contributed by atoms with Gasteiger partial charge in [0, 0.05) is 5.02 Å². The van der Waals surface area contributed by atoms with E-state index in [1.807, 2.05) is 6.92 Å². The number of fused-ring (bicyclic) bond motifs is 1. The molecule has 2 nitrogen and oxygen atoms in total. The van der Waals surface area contributed by atoms with Crippen LogP contribution in [0.3, 0.4) is 0 Å². The fraction of sp³-hybridized carbons (Fsp3) is 0.200. The van der Waals surface area contributed by atoms with Gasteiger partial charge in [0.25, 0.3) is 0 Å². The summed E-state index contributed by atoms with van der Waals surface area (Å²) in [5.74, 6) is 0.305. The molecule has 0 amide bonds. The van der Waals surface area contributed by atoms with Gasteiger partial charge in [-0.1, -0.05) is 35.3 Å². The fourth-order valence-corrected chi connectivity index (χ4v) is 2.88. The maximum absolute atomic E-state index is 13.0. The first-order valence-electron chi connectivity index (χ1n) is 6.22. The highest BCUT2D eigenvalue weighted by atomic mass is 35.5. The first-order valence-corrected chi connectivity index (χ1v) is 6.98. The lowest BCUT2D eigenvalue weighted by Gasteiger charge is -2.34. The summed E-state index contributed by atoms with van der Waals surface area (Å²) in [7, 11) is 0. The molecule has 2 unspecified atom stereocenters. The zero-order chi connectivity index (χ0) is 14.3. The highest BCUT2D eigenvalue weighted by Gasteiger charge is 2.29. The highest BCUT2D eigenvalue weighted by Crippen LogP contribution is 2.43. The van der Waals surface area contributed by atoms with Crippen molar-refractivity contribution in [2.75, 3.05) is 5.32 Å². The predicted octanol–water partition coefficient (Wildman–Crippen LogP) is 5.07. The van der Waals surface area contributed by atoms with Crippen LogP contribution in [0.2, 0.25) is 10.0 Å². The lowest BCUT2D eigenvalue weighted by molar-refractivity contribution is 0.177. The van der Waals surface area contributed by atoms with Gasteiger partial charge in [-0.2, -0.15) is 0 Å². The molecule has 2 atom stereocenters. The zero-order valence-electron chi connectivity index (χ0n) is 10.7. The van der Waals surface area contributed by atoms with Gasteiger partial charge in [0.1, 0.15) is 11.9 Å². The minimum atomic E-state index is -0.268. The Labute approximate surface area is 126 Å². The van der Waals surface area contributed by atoms with Gasteiger partial charge >= 0.3 is 0 Å². The van der Waals surface area contributed by atoms with Crippen molar-refractivity contribution in [3.8, 4) is 5.75 Å². The lowest BCUT2D eigenvalue weighted by atomic mass is 10.0. The summed E-state index contributed by atoms with van der Waals surface area (Å²) in [5, 5.41) is 4.33. The number of benzene rings is 2. The number of halogens is 3. The molecule has 0 bridgehead atoms. The van der Waals surface area contributed by atoms with Crippen molar-refractivity contribution >= 4 is 28.9 Å². The van der Waals surface area contributed by atoms with E-state index >= 15 is 0 Å². The van der Waals surface area contributed by atoms with Gasteiger partial charge in [-0.25, -0.2) is 4.39 Å². The van der Waals surface area contributed by atoms with Gasteiger partial charge in [-0.05, 0) is 36.8 Å². The normalized spacial score (nSPS) is 20.8. The Bertz CT molecular complexity index is 645. The molecule has 1 N–H and O–H groups in total. The van der Waals surface area contributed by atoms with Gasteiger partial charge in [-0.3, -0.25) is 0 Å². The summed E-state index contributed by atoms with van der Waals surface area (Å²) >= 11 is 12.1. The lowest BCUT2D eigenvalue weighted by Crippen LogP contribution is -2.32. The van der Waals surface area contributed by atoms with Crippen LogP contribution in [-0.4, -0.2) is 6.04 Å². The average Bonchev–Trinajstić information content (AvgIpc) is 2.39. The molecule has 2 aromatic rings. The number of anilines is 1. The van der Waals surface area contributed by atoms with Crippen molar-refractivity contribution in [1.29, 1.82) is 0 Å². The van der Waals surface area contributed by atoms with E-state index in [0.717, 1.165) is 11.3 Å².